The minimum atomic E-state index is -0.554. The second kappa shape index (κ2) is 7.15. The van der Waals surface area contributed by atoms with Gasteiger partial charge in [-0.3, -0.25) is 0 Å². The van der Waals surface area contributed by atoms with E-state index < -0.39 is 17.2 Å². The van der Waals surface area contributed by atoms with Crippen molar-refractivity contribution in [3.05, 3.63) is 29.8 Å². The highest BCUT2D eigenvalue weighted by Gasteiger charge is 2.30. The number of hydrogen-bond donors (Lipinski definition) is 1. The molecular weight excluding hydrogens is 302 g/mol. The number of nitrogens with zero attached hydrogens (tertiary/aromatic N) is 1. The minimum absolute atomic E-state index is 0.0960. The lowest BCUT2D eigenvalue weighted by Gasteiger charge is -2.37. The van der Waals surface area contributed by atoms with Crippen molar-refractivity contribution in [2.24, 2.45) is 0 Å². The molecule has 1 amide bonds. The maximum absolute atomic E-state index is 13.7. The summed E-state index contributed by atoms with van der Waals surface area (Å²) in [6.07, 6.45) is 2.37. The Labute approximate surface area is 135 Å². The summed E-state index contributed by atoms with van der Waals surface area (Å²) in [5.74, 6) is -1.01. The normalized spacial score (nSPS) is 18.7. The number of amides is 1. The first-order valence-electron chi connectivity index (χ1n) is 7.95. The predicted octanol–water partition coefficient (Wildman–Crippen LogP) is 4.17. The van der Waals surface area contributed by atoms with Crippen LogP contribution in [0.3, 0.4) is 0 Å². The third kappa shape index (κ3) is 5.08. The van der Waals surface area contributed by atoms with Crippen LogP contribution in [0.1, 0.15) is 40.0 Å². The summed E-state index contributed by atoms with van der Waals surface area (Å²) >= 11 is 0. The molecule has 2 rings (SSSR count). The van der Waals surface area contributed by atoms with E-state index in [1.54, 1.807) is 4.90 Å². The van der Waals surface area contributed by atoms with Crippen LogP contribution in [0.4, 0.5) is 19.3 Å². The molecule has 1 aromatic carbocycles. The summed E-state index contributed by atoms with van der Waals surface area (Å²) < 4.78 is 32.3. The van der Waals surface area contributed by atoms with Gasteiger partial charge in [0.1, 0.15) is 17.2 Å². The third-order valence-corrected chi connectivity index (χ3v) is 3.71. The van der Waals surface area contributed by atoms with Crippen molar-refractivity contribution in [1.82, 2.24) is 4.90 Å². The highest BCUT2D eigenvalue weighted by atomic mass is 19.1. The lowest BCUT2D eigenvalue weighted by atomic mass is 10.0. The van der Waals surface area contributed by atoms with E-state index >= 15 is 0 Å². The zero-order valence-corrected chi connectivity index (χ0v) is 13.9. The number of rotatable bonds is 3. The molecule has 128 valence electrons. The molecule has 0 spiro atoms. The van der Waals surface area contributed by atoms with Crippen molar-refractivity contribution in [3.63, 3.8) is 0 Å². The van der Waals surface area contributed by atoms with Gasteiger partial charge in [0.2, 0.25) is 0 Å². The quantitative estimate of drug-likeness (QED) is 0.906. The van der Waals surface area contributed by atoms with Crippen molar-refractivity contribution in [3.8, 4) is 0 Å². The molecule has 4 nitrogen and oxygen atoms in total. The Balaban J connectivity index is 2.01. The van der Waals surface area contributed by atoms with Gasteiger partial charge in [0.15, 0.2) is 0 Å². The number of hydrogen-bond acceptors (Lipinski definition) is 3. The first kappa shape index (κ1) is 17.5. The van der Waals surface area contributed by atoms with Crippen molar-refractivity contribution in [2.45, 2.75) is 51.7 Å². The van der Waals surface area contributed by atoms with Crippen LogP contribution >= 0.6 is 0 Å². The lowest BCUT2D eigenvalue weighted by Crippen LogP contribution is -2.48. The number of likely N-dealkylation sites (tertiary alicyclic amines) is 1. The highest BCUT2D eigenvalue weighted by molar-refractivity contribution is 5.68. The highest BCUT2D eigenvalue weighted by Crippen LogP contribution is 2.22. The molecule has 1 aromatic rings. The average molecular weight is 326 g/mol. The van der Waals surface area contributed by atoms with E-state index in [9.17, 15) is 13.6 Å². The average Bonchev–Trinajstić information content (AvgIpc) is 2.47. The van der Waals surface area contributed by atoms with E-state index in [0.29, 0.717) is 13.1 Å². The van der Waals surface area contributed by atoms with Crippen molar-refractivity contribution < 1.29 is 18.3 Å². The zero-order valence-electron chi connectivity index (χ0n) is 13.9. The number of anilines is 1. The molecule has 1 heterocycles. The fourth-order valence-corrected chi connectivity index (χ4v) is 2.63. The van der Waals surface area contributed by atoms with Gasteiger partial charge in [0.05, 0.1) is 11.7 Å². The van der Waals surface area contributed by atoms with Crippen LogP contribution < -0.4 is 5.32 Å². The number of ether oxygens (including phenoxy) is 1. The topological polar surface area (TPSA) is 41.6 Å². The van der Waals surface area contributed by atoms with Gasteiger partial charge >= 0.3 is 6.09 Å². The second-order valence-electron chi connectivity index (χ2n) is 6.83. The Morgan fingerprint density at radius 2 is 2.09 bits per heavy atom. The van der Waals surface area contributed by atoms with Crippen LogP contribution in [-0.2, 0) is 4.74 Å². The largest absolute Gasteiger partial charge is 0.444 e. The molecule has 0 saturated carbocycles. The summed E-state index contributed by atoms with van der Waals surface area (Å²) in [5, 5.41) is 2.91. The van der Waals surface area contributed by atoms with Crippen LogP contribution in [0, 0.1) is 11.6 Å². The molecule has 0 aliphatic carbocycles. The van der Waals surface area contributed by atoms with E-state index in [1.807, 2.05) is 20.8 Å². The van der Waals surface area contributed by atoms with Gasteiger partial charge in [-0.05, 0) is 58.2 Å². The van der Waals surface area contributed by atoms with Gasteiger partial charge in [-0.15, -0.1) is 0 Å². The first-order chi connectivity index (χ1) is 10.8. The fraction of sp³-hybridized carbons (Fsp3) is 0.588. The Hall–Kier alpha value is -1.85. The van der Waals surface area contributed by atoms with Crippen LogP contribution in [0.15, 0.2) is 18.2 Å². The Kier molecular flexibility index (Phi) is 5.44. The Morgan fingerprint density at radius 3 is 2.78 bits per heavy atom. The molecule has 1 aliphatic heterocycles. The van der Waals surface area contributed by atoms with Crippen LogP contribution in [0.5, 0.6) is 0 Å². The van der Waals surface area contributed by atoms with Crippen LogP contribution in [0.2, 0.25) is 0 Å². The summed E-state index contributed by atoms with van der Waals surface area (Å²) in [6.45, 7) is 6.45. The maximum atomic E-state index is 13.7. The van der Waals surface area contributed by atoms with Gasteiger partial charge in [0, 0.05) is 13.1 Å². The third-order valence-electron chi connectivity index (χ3n) is 3.71. The van der Waals surface area contributed by atoms with Crippen LogP contribution in [0.25, 0.3) is 0 Å². The summed E-state index contributed by atoms with van der Waals surface area (Å²) in [4.78, 5) is 14.0. The Bertz CT molecular complexity index is 558. The molecule has 1 aliphatic rings. The molecule has 0 radical (unpaired) electrons. The first-order valence-corrected chi connectivity index (χ1v) is 7.95. The lowest BCUT2D eigenvalue weighted by molar-refractivity contribution is 0.0114. The number of halogens is 2. The van der Waals surface area contributed by atoms with E-state index in [2.05, 4.69) is 5.32 Å². The van der Waals surface area contributed by atoms with E-state index in [1.165, 1.54) is 0 Å². The van der Waals surface area contributed by atoms with E-state index in [4.69, 9.17) is 4.74 Å². The molecule has 1 fully saturated rings. The molecular formula is C17H24F2N2O2. The molecule has 1 N–H and O–H groups in total. The predicted molar refractivity (Wildman–Crippen MR) is 85.4 cm³/mol. The molecule has 23 heavy (non-hydrogen) atoms. The zero-order chi connectivity index (χ0) is 17.0. The Morgan fingerprint density at radius 1 is 1.35 bits per heavy atom. The number of piperidine rings is 1. The van der Waals surface area contributed by atoms with Gasteiger partial charge < -0.3 is 15.0 Å². The van der Waals surface area contributed by atoms with Gasteiger partial charge in [-0.1, -0.05) is 0 Å². The smallest absolute Gasteiger partial charge is 0.410 e. The van der Waals surface area contributed by atoms with E-state index in [0.717, 1.165) is 37.5 Å². The second-order valence-corrected chi connectivity index (χ2v) is 6.83. The molecule has 6 heteroatoms. The van der Waals surface area contributed by atoms with E-state index in [-0.39, 0.29) is 17.8 Å². The van der Waals surface area contributed by atoms with Crippen molar-refractivity contribution >= 4 is 11.8 Å². The van der Waals surface area contributed by atoms with Crippen molar-refractivity contribution in [1.29, 1.82) is 0 Å². The standard InChI is InChI=1S/C17H24F2N2O2/c1-17(2,3)23-16(22)21-9-5-4-6-13(21)11-20-15-10-12(18)7-8-14(15)19/h7-8,10,13,20H,4-6,9,11H2,1-3H3. The molecule has 0 bridgehead atoms. The summed E-state index contributed by atoms with van der Waals surface area (Å²) in [5.41, 5.74) is -0.444. The molecule has 1 atom stereocenters. The summed E-state index contributed by atoms with van der Waals surface area (Å²) in [7, 11) is 0. The molecule has 1 unspecified atom stereocenters. The van der Waals surface area contributed by atoms with Gasteiger partial charge in [0.25, 0.3) is 0 Å². The molecule has 1 saturated heterocycles. The molecule has 0 aromatic heterocycles. The maximum Gasteiger partial charge on any atom is 0.410 e. The number of carbonyl (C=O) groups excluding carboxylic acids is 1. The fourth-order valence-electron chi connectivity index (χ4n) is 2.63. The summed E-state index contributed by atoms with van der Waals surface area (Å²) in [6, 6.07) is 3.19. The monoisotopic (exact) mass is 326 g/mol. The van der Waals surface area contributed by atoms with Gasteiger partial charge in [-0.25, -0.2) is 13.6 Å². The van der Waals surface area contributed by atoms with Crippen LogP contribution in [-0.4, -0.2) is 35.7 Å². The number of benzene rings is 1. The van der Waals surface area contributed by atoms with Crippen molar-refractivity contribution in [2.75, 3.05) is 18.4 Å². The number of carbonyl (C=O) groups is 1. The number of nitrogens with one attached hydrogen (secondary N) is 1. The van der Waals surface area contributed by atoms with Gasteiger partial charge in [-0.2, -0.15) is 0 Å². The SMILES string of the molecule is CC(C)(C)OC(=O)N1CCCCC1CNc1cc(F)ccc1F. The minimum Gasteiger partial charge on any atom is -0.444 e.